The van der Waals surface area contributed by atoms with E-state index in [1.54, 1.807) is 18.2 Å². The van der Waals surface area contributed by atoms with Crippen molar-refractivity contribution in [2.75, 3.05) is 5.01 Å². The Bertz CT molecular complexity index is 1060. The third kappa shape index (κ3) is 4.01. The molecule has 3 aromatic carbocycles. The molecule has 0 saturated heterocycles. The van der Waals surface area contributed by atoms with Crippen LogP contribution in [0.15, 0.2) is 90.0 Å². The molecule has 0 aliphatic carbocycles. The molecule has 1 aliphatic heterocycles. The summed E-state index contributed by atoms with van der Waals surface area (Å²) in [5.74, 6) is -0.880. The Hall–Kier alpha value is -3.93. The van der Waals surface area contributed by atoms with Crippen molar-refractivity contribution in [2.45, 2.75) is 12.5 Å². The molecule has 144 valence electrons. The van der Waals surface area contributed by atoms with Gasteiger partial charge in [-0.05, 0) is 35.9 Å². The Balaban J connectivity index is 1.61. The second-order valence-electron chi connectivity index (χ2n) is 6.64. The lowest BCUT2D eigenvalue weighted by atomic mass is 10.0. The zero-order valence-corrected chi connectivity index (χ0v) is 15.6. The average Bonchev–Trinajstić information content (AvgIpc) is 3.21. The number of nitrogens with two attached hydrogens (primary N) is 1. The van der Waals surface area contributed by atoms with E-state index in [1.807, 2.05) is 65.7 Å². The number of para-hydroxylation sites is 1. The predicted molar refractivity (Wildman–Crippen MR) is 111 cm³/mol. The summed E-state index contributed by atoms with van der Waals surface area (Å²) in [6, 6.07) is 25.7. The summed E-state index contributed by atoms with van der Waals surface area (Å²) in [6.45, 7) is 0. The van der Waals surface area contributed by atoms with Crippen molar-refractivity contribution in [3.8, 4) is 5.75 Å². The molecule has 29 heavy (non-hydrogen) atoms. The summed E-state index contributed by atoms with van der Waals surface area (Å²) in [5, 5.41) is 6.39. The van der Waals surface area contributed by atoms with Gasteiger partial charge in [0.05, 0.1) is 11.7 Å². The van der Waals surface area contributed by atoms with Gasteiger partial charge in [-0.2, -0.15) is 5.10 Å². The van der Waals surface area contributed by atoms with E-state index in [0.717, 1.165) is 11.3 Å². The fourth-order valence-corrected chi connectivity index (χ4v) is 3.27. The highest BCUT2D eigenvalue weighted by Gasteiger charge is 2.33. The monoisotopic (exact) mass is 385 g/mol. The molecule has 1 atom stereocenters. The van der Waals surface area contributed by atoms with Crippen molar-refractivity contribution >= 4 is 23.3 Å². The normalized spacial score (nSPS) is 15.7. The molecule has 2 N–H and O–H groups in total. The number of benzene rings is 3. The summed E-state index contributed by atoms with van der Waals surface area (Å²) in [7, 11) is 0. The van der Waals surface area contributed by atoms with Crippen LogP contribution in [0, 0.1) is 0 Å². The molecule has 0 spiro atoms. The molecule has 6 nitrogen and oxygen atoms in total. The molecule has 4 rings (SSSR count). The second kappa shape index (κ2) is 7.98. The maximum Gasteiger partial charge on any atom is 0.359 e. The number of hydrogen-bond donors (Lipinski definition) is 1. The molecule has 0 bridgehead atoms. The third-order valence-corrected chi connectivity index (χ3v) is 4.68. The lowest BCUT2D eigenvalue weighted by molar-refractivity contribution is -0.127. The van der Waals surface area contributed by atoms with Gasteiger partial charge in [0.2, 0.25) is 5.91 Å². The lowest BCUT2D eigenvalue weighted by Gasteiger charge is -2.23. The summed E-state index contributed by atoms with van der Waals surface area (Å²) in [5.41, 5.74) is 7.82. The molecule has 6 heteroatoms. The second-order valence-corrected chi connectivity index (χ2v) is 6.64. The fraction of sp³-hybridized carbons (Fsp3) is 0.0870. The molecule has 1 unspecified atom stereocenters. The summed E-state index contributed by atoms with van der Waals surface area (Å²) in [4.78, 5) is 24.1. The first-order valence-electron chi connectivity index (χ1n) is 9.20. The van der Waals surface area contributed by atoms with Gasteiger partial charge in [-0.1, -0.05) is 54.6 Å². The molecule has 1 aliphatic rings. The van der Waals surface area contributed by atoms with Crippen LogP contribution in [0.3, 0.4) is 0 Å². The number of nitrogens with zero attached hydrogens (tertiary/aromatic N) is 2. The van der Waals surface area contributed by atoms with Crippen LogP contribution in [-0.4, -0.2) is 17.6 Å². The molecule has 3 aromatic rings. The molecule has 0 fully saturated rings. The van der Waals surface area contributed by atoms with Crippen LogP contribution in [0.2, 0.25) is 0 Å². The first-order chi connectivity index (χ1) is 14.1. The van der Waals surface area contributed by atoms with Crippen LogP contribution in [-0.2, 0) is 4.79 Å². The topological polar surface area (TPSA) is 85.0 Å². The molecule has 1 amide bonds. The Morgan fingerprint density at radius 1 is 0.931 bits per heavy atom. The zero-order chi connectivity index (χ0) is 20.2. The summed E-state index contributed by atoms with van der Waals surface area (Å²) < 4.78 is 5.45. The van der Waals surface area contributed by atoms with Crippen LogP contribution >= 0.6 is 0 Å². The molecular weight excluding hydrogens is 366 g/mol. The van der Waals surface area contributed by atoms with Crippen molar-refractivity contribution in [1.29, 1.82) is 0 Å². The van der Waals surface area contributed by atoms with E-state index < -0.39 is 11.9 Å². The predicted octanol–water partition coefficient (Wildman–Crippen LogP) is 3.70. The number of carbonyl (C=O) groups is 2. The van der Waals surface area contributed by atoms with Crippen LogP contribution in [0.5, 0.6) is 5.75 Å². The first-order valence-corrected chi connectivity index (χ1v) is 9.20. The fourth-order valence-electron chi connectivity index (χ4n) is 3.27. The maximum atomic E-state index is 12.8. The molecule has 0 aromatic heterocycles. The minimum absolute atomic E-state index is 0.113. The highest BCUT2D eigenvalue weighted by Crippen LogP contribution is 2.35. The Labute approximate surface area is 168 Å². The third-order valence-electron chi connectivity index (χ3n) is 4.68. The van der Waals surface area contributed by atoms with Gasteiger partial charge in [0, 0.05) is 12.0 Å². The largest absolute Gasteiger partial charge is 0.422 e. The van der Waals surface area contributed by atoms with E-state index in [0.29, 0.717) is 12.1 Å². The van der Waals surface area contributed by atoms with Gasteiger partial charge in [0.1, 0.15) is 11.5 Å². The number of esters is 1. The van der Waals surface area contributed by atoms with Gasteiger partial charge in [0.25, 0.3) is 0 Å². The van der Waals surface area contributed by atoms with Gasteiger partial charge in [-0.3, -0.25) is 9.80 Å². The lowest BCUT2D eigenvalue weighted by Crippen LogP contribution is -2.20. The van der Waals surface area contributed by atoms with Crippen molar-refractivity contribution in [3.05, 3.63) is 96.1 Å². The highest BCUT2D eigenvalue weighted by molar-refractivity contribution is 6.38. The number of primary amides is 1. The molecular formula is C23H19N3O3. The van der Waals surface area contributed by atoms with Crippen molar-refractivity contribution in [2.24, 2.45) is 10.8 Å². The molecule has 1 heterocycles. The van der Waals surface area contributed by atoms with E-state index in [9.17, 15) is 9.59 Å². The number of ether oxygens (including phenoxy) is 1. The Morgan fingerprint density at radius 2 is 1.62 bits per heavy atom. The number of rotatable bonds is 5. The van der Waals surface area contributed by atoms with Crippen LogP contribution < -0.4 is 15.5 Å². The SMILES string of the molecule is NC(=O)c1cccc(OC(=O)C2=NN(c3ccccc3)C(c3ccccc3)C2)c1. The molecule has 0 saturated carbocycles. The van der Waals surface area contributed by atoms with E-state index in [2.05, 4.69) is 5.10 Å². The highest BCUT2D eigenvalue weighted by atomic mass is 16.5. The van der Waals surface area contributed by atoms with E-state index in [4.69, 9.17) is 10.5 Å². The minimum Gasteiger partial charge on any atom is -0.422 e. The van der Waals surface area contributed by atoms with Crippen LogP contribution in [0.1, 0.15) is 28.4 Å². The number of anilines is 1. The summed E-state index contributed by atoms with van der Waals surface area (Å²) >= 11 is 0. The van der Waals surface area contributed by atoms with Gasteiger partial charge in [-0.15, -0.1) is 0 Å². The van der Waals surface area contributed by atoms with Crippen LogP contribution in [0.25, 0.3) is 0 Å². The number of hydrazone groups is 1. The molecule has 0 radical (unpaired) electrons. The standard InChI is InChI=1S/C23H19N3O3/c24-22(27)17-10-7-13-19(14-17)29-23(28)20-15-21(16-8-3-1-4-9-16)26(25-20)18-11-5-2-6-12-18/h1-14,21H,15H2,(H2,24,27). The quantitative estimate of drug-likeness (QED) is 0.536. The summed E-state index contributed by atoms with van der Waals surface area (Å²) in [6.07, 6.45) is 0.410. The zero-order valence-electron chi connectivity index (χ0n) is 15.6. The Kier molecular flexibility index (Phi) is 5.07. The number of carbonyl (C=O) groups excluding carboxylic acids is 2. The average molecular weight is 385 g/mol. The van der Waals surface area contributed by atoms with Crippen molar-refractivity contribution in [1.82, 2.24) is 0 Å². The maximum absolute atomic E-state index is 12.8. The first kappa shape index (κ1) is 18.4. The minimum atomic E-state index is -0.583. The number of amides is 1. The van der Waals surface area contributed by atoms with Crippen LogP contribution in [0.4, 0.5) is 5.69 Å². The van der Waals surface area contributed by atoms with Gasteiger partial charge in [0.15, 0.2) is 0 Å². The van der Waals surface area contributed by atoms with E-state index in [-0.39, 0.29) is 17.4 Å². The number of hydrogen-bond acceptors (Lipinski definition) is 5. The van der Waals surface area contributed by atoms with E-state index in [1.165, 1.54) is 6.07 Å². The smallest absolute Gasteiger partial charge is 0.359 e. The van der Waals surface area contributed by atoms with Gasteiger partial charge in [-0.25, -0.2) is 4.79 Å². The Morgan fingerprint density at radius 3 is 2.31 bits per heavy atom. The van der Waals surface area contributed by atoms with E-state index >= 15 is 0 Å². The van der Waals surface area contributed by atoms with Gasteiger partial charge < -0.3 is 10.5 Å². The van der Waals surface area contributed by atoms with Crippen molar-refractivity contribution < 1.29 is 14.3 Å². The van der Waals surface area contributed by atoms with Gasteiger partial charge >= 0.3 is 5.97 Å². The van der Waals surface area contributed by atoms with Crippen molar-refractivity contribution in [3.63, 3.8) is 0 Å².